The van der Waals surface area contributed by atoms with Crippen LogP contribution in [0.2, 0.25) is 0 Å². The van der Waals surface area contributed by atoms with Crippen molar-refractivity contribution < 1.29 is 35.3 Å². The predicted molar refractivity (Wildman–Crippen MR) is 190 cm³/mol. The summed E-state index contributed by atoms with van der Waals surface area (Å²) in [5.74, 6) is 1.68. The molecule has 7 rings (SSSR count). The largest absolute Gasteiger partial charge is 0.489 e. The molecule has 0 aromatic heterocycles. The number of rotatable bonds is 13. The van der Waals surface area contributed by atoms with Gasteiger partial charge in [0.25, 0.3) is 0 Å². The Morgan fingerprint density at radius 3 is 1.48 bits per heavy atom. The van der Waals surface area contributed by atoms with Crippen LogP contribution in [0.25, 0.3) is 0 Å². The Balaban J connectivity index is 1.21. The average Bonchev–Trinajstić information content (AvgIpc) is 3.17. The number of fused-ring (bicyclic) bond motifs is 1. The van der Waals surface area contributed by atoms with E-state index < -0.39 is 18.3 Å². The first kappa shape index (κ1) is 31.5. The van der Waals surface area contributed by atoms with Gasteiger partial charge in [-0.15, -0.1) is 0 Å². The molecule has 3 atom stereocenters. The molecule has 7 heteroatoms. The van der Waals surface area contributed by atoms with Gasteiger partial charge in [-0.1, -0.05) is 127 Å². The summed E-state index contributed by atoms with van der Waals surface area (Å²) >= 11 is 0. The lowest BCUT2D eigenvalue weighted by Crippen LogP contribution is -2.34. The van der Waals surface area contributed by atoms with Crippen molar-refractivity contribution in [3.63, 3.8) is 0 Å². The number of ether oxygens (including phenoxy) is 5. The van der Waals surface area contributed by atoms with Gasteiger partial charge in [0.05, 0.1) is 6.93 Å². The fourth-order valence-corrected chi connectivity index (χ4v) is 5.73. The minimum absolute atomic E-state index is 0.0117. The van der Waals surface area contributed by atoms with Crippen molar-refractivity contribution in [2.75, 3.05) is 0 Å². The van der Waals surface area contributed by atoms with E-state index in [1.807, 2.05) is 121 Å². The van der Waals surface area contributed by atoms with Crippen LogP contribution in [-0.2, 0) is 26.4 Å². The Hall–Kier alpha value is -5.76. The molecule has 0 saturated carbocycles. The highest BCUT2D eigenvalue weighted by atomic mass is 16.5. The van der Waals surface area contributed by atoms with Crippen molar-refractivity contribution in [2.45, 2.75) is 44.7 Å². The Bertz CT molecular complexity index is 2020. The molecule has 0 radical (unpaired) electrons. The van der Waals surface area contributed by atoms with Crippen molar-refractivity contribution in [3.05, 3.63) is 185 Å². The molecule has 0 amide bonds. The molecule has 0 spiro atoms. The quantitative estimate of drug-likeness (QED) is 0.128. The Kier molecular flexibility index (Phi) is 9.85. The second kappa shape index (κ2) is 15.6. The van der Waals surface area contributed by atoms with Crippen LogP contribution in [0.3, 0.4) is 0 Å². The summed E-state index contributed by atoms with van der Waals surface area (Å²) in [6.45, 7) is 1.04. The van der Waals surface area contributed by atoms with Gasteiger partial charge in [0, 0.05) is 12.1 Å². The van der Waals surface area contributed by atoms with Crippen LogP contribution in [0.4, 0.5) is 0 Å². The molecule has 2 N–H and O–H groups in total. The average molecular weight is 668 g/mol. The lowest BCUT2D eigenvalue weighted by Gasteiger charge is -2.36. The van der Waals surface area contributed by atoms with Crippen molar-refractivity contribution >= 4 is 0 Å². The van der Waals surface area contributed by atoms with Crippen LogP contribution >= 0.6 is 0 Å². The molecule has 6 aromatic carbocycles. The smallest absolute Gasteiger partial charge is 0.162 e. The molecule has 0 bridgehead atoms. The first-order chi connectivity index (χ1) is 24.9. The summed E-state index contributed by atoms with van der Waals surface area (Å²) in [6, 6.07) is 47.3. The summed E-state index contributed by atoms with van der Waals surface area (Å²) < 4.78 is 40.4. The second-order valence-corrected chi connectivity index (χ2v) is 12.0. The zero-order valence-electron chi connectivity index (χ0n) is 28.4. The molecule has 0 fully saturated rings. The minimum Gasteiger partial charge on any atom is -0.489 e. The van der Waals surface area contributed by atoms with E-state index in [4.69, 9.17) is 25.1 Å². The molecule has 1 aliphatic heterocycles. The highest BCUT2D eigenvalue weighted by Gasteiger charge is 2.40. The Labute approximate surface area is 293 Å². The third-order valence-corrected chi connectivity index (χ3v) is 8.37. The zero-order chi connectivity index (χ0) is 35.0. The number of hydrogen-bond acceptors (Lipinski definition) is 7. The van der Waals surface area contributed by atoms with Gasteiger partial charge < -0.3 is 33.9 Å². The summed E-state index contributed by atoms with van der Waals surface area (Å²) in [4.78, 5) is 0. The first-order valence-electron chi connectivity index (χ1n) is 17.0. The first-order valence-corrected chi connectivity index (χ1v) is 16.5. The van der Waals surface area contributed by atoms with Crippen molar-refractivity contribution in [1.29, 1.82) is 0 Å². The number of hydrogen-bond donors (Lipinski definition) is 2. The minimum atomic E-state index is -2.50. The van der Waals surface area contributed by atoms with E-state index in [2.05, 4.69) is 0 Å². The molecule has 0 aliphatic carbocycles. The van der Waals surface area contributed by atoms with E-state index in [0.717, 1.165) is 22.3 Å². The number of benzene rings is 6. The lowest BCUT2D eigenvalue weighted by molar-refractivity contribution is -0.0714. The molecule has 252 valence electrons. The lowest BCUT2D eigenvalue weighted by atomic mass is 9.91. The highest BCUT2D eigenvalue weighted by molar-refractivity contribution is 5.55. The number of aliphatic hydroxyl groups excluding tert-OH is 1. The van der Waals surface area contributed by atoms with Crippen molar-refractivity contribution in [1.82, 2.24) is 0 Å². The topological polar surface area (TPSA) is 86.6 Å². The van der Waals surface area contributed by atoms with Gasteiger partial charge in [-0.3, -0.25) is 0 Å². The molecule has 50 heavy (non-hydrogen) atoms. The standard InChI is InChI=1S/C43H38O7/c44-41-40-38(49-29-33-19-11-4-12-20-33)24-35(46-26-30-13-5-1-6-14-30)25-39(40)50-43(42(41)45)34-21-22-36(47-27-31-15-7-2-8-16-31)37(23-34)48-28-32-17-9-3-10-18-32/h1-25,41-45H,26-29H2/t41-,42+,43-/m0/s1/i41D. The maximum Gasteiger partial charge on any atom is 0.162 e. The monoisotopic (exact) mass is 667 g/mol. The number of aliphatic hydroxyl groups is 2. The van der Waals surface area contributed by atoms with Crippen LogP contribution in [0, 0.1) is 0 Å². The van der Waals surface area contributed by atoms with Gasteiger partial charge in [-0.2, -0.15) is 0 Å². The van der Waals surface area contributed by atoms with E-state index in [-0.39, 0.29) is 36.9 Å². The predicted octanol–water partition coefficient (Wildman–Crippen LogP) is 8.53. The van der Waals surface area contributed by atoms with E-state index in [1.54, 1.807) is 30.3 Å². The van der Waals surface area contributed by atoms with Gasteiger partial charge in [0.15, 0.2) is 17.6 Å². The summed E-state index contributed by atoms with van der Waals surface area (Å²) in [6.07, 6.45) is -5.35. The van der Waals surface area contributed by atoms with Gasteiger partial charge >= 0.3 is 0 Å². The zero-order valence-corrected chi connectivity index (χ0v) is 27.4. The van der Waals surface area contributed by atoms with E-state index in [1.165, 1.54) is 0 Å². The van der Waals surface area contributed by atoms with E-state index in [0.29, 0.717) is 29.4 Å². The molecule has 1 heterocycles. The van der Waals surface area contributed by atoms with Crippen LogP contribution in [0.15, 0.2) is 152 Å². The molecule has 7 nitrogen and oxygen atoms in total. The molecule has 6 aromatic rings. The molecular formula is C43H38O7. The van der Waals surface area contributed by atoms with Crippen molar-refractivity contribution in [2.24, 2.45) is 0 Å². The third-order valence-electron chi connectivity index (χ3n) is 8.37. The van der Waals surface area contributed by atoms with Crippen LogP contribution in [-0.4, -0.2) is 16.3 Å². The van der Waals surface area contributed by atoms with Crippen molar-refractivity contribution in [3.8, 4) is 28.7 Å². The summed E-state index contributed by atoms with van der Waals surface area (Å²) in [5.41, 5.74) is 4.31. The van der Waals surface area contributed by atoms with Crippen LogP contribution in [0.1, 0.15) is 46.9 Å². The van der Waals surface area contributed by atoms with E-state index >= 15 is 0 Å². The van der Waals surface area contributed by atoms with Crippen LogP contribution < -0.4 is 23.7 Å². The fourth-order valence-electron chi connectivity index (χ4n) is 5.73. The molecule has 0 saturated heterocycles. The van der Waals surface area contributed by atoms with E-state index in [9.17, 15) is 10.2 Å². The SMILES string of the molecule is [2H][C@]1(O)c2c(OCc3ccccc3)cc(OCc3ccccc3)cc2O[C@@H](c2ccc(OCc3ccccc3)c(OCc3ccccc3)c2)[C@@H]1O. The second-order valence-electron chi connectivity index (χ2n) is 12.0. The van der Waals surface area contributed by atoms with Crippen LogP contribution in [0.5, 0.6) is 28.7 Å². The third kappa shape index (κ3) is 7.92. The summed E-state index contributed by atoms with van der Waals surface area (Å²) in [7, 11) is 0. The summed E-state index contributed by atoms with van der Waals surface area (Å²) in [5, 5.41) is 23.4. The van der Waals surface area contributed by atoms with Gasteiger partial charge in [0.2, 0.25) is 0 Å². The van der Waals surface area contributed by atoms with Gasteiger partial charge in [0.1, 0.15) is 55.9 Å². The van der Waals surface area contributed by atoms with Gasteiger partial charge in [-0.05, 0) is 39.9 Å². The maximum absolute atomic E-state index is 11.7. The van der Waals surface area contributed by atoms with Gasteiger partial charge in [-0.25, -0.2) is 0 Å². The molecule has 1 aliphatic rings. The fraction of sp³-hybridized carbons (Fsp3) is 0.163. The normalized spacial score (nSPS) is 18.2. The Morgan fingerprint density at radius 2 is 0.960 bits per heavy atom. The highest BCUT2D eigenvalue weighted by Crippen LogP contribution is 2.48. The Morgan fingerprint density at radius 1 is 0.500 bits per heavy atom. The molecular weight excluding hydrogens is 628 g/mol. The maximum atomic E-state index is 11.7. The molecule has 0 unspecified atom stereocenters.